The van der Waals surface area contributed by atoms with E-state index in [0.717, 1.165) is 16.7 Å². The maximum atomic E-state index is 12.8. The zero-order chi connectivity index (χ0) is 34.5. The lowest BCUT2D eigenvalue weighted by molar-refractivity contribution is 0.0399. The fraction of sp³-hybridized carbons (Fsp3) is 0.459. The van der Waals surface area contributed by atoms with Gasteiger partial charge < -0.3 is 40.4 Å². The summed E-state index contributed by atoms with van der Waals surface area (Å²) >= 11 is 0. The molecule has 47 heavy (non-hydrogen) atoms. The van der Waals surface area contributed by atoms with Crippen LogP contribution in [0.15, 0.2) is 84.9 Å². The molecule has 0 heterocycles. The number of nitrogens with one attached hydrogen (secondary N) is 3. The molecular weight excluding hydrogens is 598 g/mol. The van der Waals surface area contributed by atoms with Crippen molar-refractivity contribution in [2.24, 2.45) is 0 Å². The van der Waals surface area contributed by atoms with Crippen LogP contribution < -0.4 is 20.7 Å². The van der Waals surface area contributed by atoms with E-state index >= 15 is 0 Å². The highest BCUT2D eigenvalue weighted by Gasteiger charge is 2.28. The third-order valence-electron chi connectivity index (χ3n) is 6.99. The van der Waals surface area contributed by atoms with Gasteiger partial charge in [-0.1, -0.05) is 78.9 Å². The molecule has 0 radical (unpaired) electrons. The van der Waals surface area contributed by atoms with Gasteiger partial charge in [-0.25, -0.2) is 9.59 Å². The first kappa shape index (κ1) is 37.3. The largest absolute Gasteiger partial charge is 0.489 e. The second-order valence-electron chi connectivity index (χ2n) is 13.6. The van der Waals surface area contributed by atoms with Gasteiger partial charge in [0, 0.05) is 13.1 Å². The quantitative estimate of drug-likeness (QED) is 0.153. The van der Waals surface area contributed by atoms with Crippen LogP contribution in [0, 0.1) is 0 Å². The van der Waals surface area contributed by atoms with Crippen molar-refractivity contribution in [2.45, 2.75) is 96.5 Å². The Morgan fingerprint density at radius 3 is 1.60 bits per heavy atom. The van der Waals surface area contributed by atoms with Crippen LogP contribution in [0.25, 0.3) is 0 Å². The summed E-state index contributed by atoms with van der Waals surface area (Å²) in [4.78, 5) is 25.4. The van der Waals surface area contributed by atoms with Gasteiger partial charge in [0.2, 0.25) is 0 Å². The molecule has 0 saturated heterocycles. The van der Waals surface area contributed by atoms with Crippen molar-refractivity contribution in [3.05, 3.63) is 102 Å². The Labute approximate surface area is 278 Å². The number of rotatable bonds is 15. The Hall–Kier alpha value is -4.12. The van der Waals surface area contributed by atoms with Crippen LogP contribution >= 0.6 is 0 Å². The fourth-order valence-corrected chi connectivity index (χ4v) is 4.80. The topological polar surface area (TPSA) is 138 Å². The molecule has 2 amide bonds. The van der Waals surface area contributed by atoms with Crippen molar-refractivity contribution in [3.63, 3.8) is 0 Å². The summed E-state index contributed by atoms with van der Waals surface area (Å²) in [6.07, 6.45) is -2.75. The molecule has 10 nitrogen and oxygen atoms in total. The molecule has 3 rings (SSSR count). The van der Waals surface area contributed by atoms with Gasteiger partial charge in [-0.05, 0) is 77.1 Å². The predicted octanol–water partition coefficient (Wildman–Crippen LogP) is 5.15. The molecule has 5 N–H and O–H groups in total. The van der Waals surface area contributed by atoms with Crippen molar-refractivity contribution in [2.75, 3.05) is 13.1 Å². The molecule has 10 heteroatoms. The number of aliphatic hydroxyl groups excluding tert-OH is 2. The third-order valence-corrected chi connectivity index (χ3v) is 6.99. The number of amides is 2. The van der Waals surface area contributed by atoms with Crippen molar-refractivity contribution in [1.29, 1.82) is 0 Å². The second kappa shape index (κ2) is 17.7. The minimum absolute atomic E-state index is 0.0368. The Morgan fingerprint density at radius 2 is 1.09 bits per heavy atom. The van der Waals surface area contributed by atoms with E-state index in [9.17, 15) is 19.8 Å². The molecular formula is C37H51N3O7. The van der Waals surface area contributed by atoms with Gasteiger partial charge in [-0.3, -0.25) is 0 Å². The van der Waals surface area contributed by atoms with E-state index in [1.54, 1.807) is 41.5 Å². The van der Waals surface area contributed by atoms with Crippen LogP contribution in [0.1, 0.15) is 58.2 Å². The summed E-state index contributed by atoms with van der Waals surface area (Å²) in [5.74, 6) is 0.639. The highest BCUT2D eigenvalue weighted by atomic mass is 16.6. The number of para-hydroxylation sites is 1. The van der Waals surface area contributed by atoms with Crippen LogP contribution in [0.5, 0.6) is 5.75 Å². The summed E-state index contributed by atoms with van der Waals surface area (Å²) in [6.45, 7) is 11.1. The number of hydrogen-bond acceptors (Lipinski definition) is 8. The van der Waals surface area contributed by atoms with Crippen LogP contribution in [-0.2, 0) is 28.9 Å². The lowest BCUT2D eigenvalue weighted by Gasteiger charge is -2.29. The zero-order valence-electron chi connectivity index (χ0n) is 28.4. The maximum Gasteiger partial charge on any atom is 0.407 e. The minimum atomic E-state index is -1.07. The van der Waals surface area contributed by atoms with E-state index in [0.29, 0.717) is 18.8 Å². The van der Waals surface area contributed by atoms with E-state index in [1.165, 1.54) is 0 Å². The van der Waals surface area contributed by atoms with E-state index in [1.807, 2.05) is 84.9 Å². The van der Waals surface area contributed by atoms with Crippen molar-refractivity contribution in [1.82, 2.24) is 16.0 Å². The van der Waals surface area contributed by atoms with Gasteiger partial charge in [0.15, 0.2) is 0 Å². The molecule has 3 aromatic carbocycles. The molecule has 0 aliphatic rings. The first-order valence-electron chi connectivity index (χ1n) is 16.0. The average molecular weight is 650 g/mol. The number of carbonyl (C=O) groups is 2. The van der Waals surface area contributed by atoms with Crippen LogP contribution in [0.2, 0.25) is 0 Å². The van der Waals surface area contributed by atoms with Crippen molar-refractivity contribution >= 4 is 12.2 Å². The summed E-state index contributed by atoms with van der Waals surface area (Å²) < 4.78 is 17.0. The van der Waals surface area contributed by atoms with Gasteiger partial charge in [0.1, 0.15) is 23.6 Å². The van der Waals surface area contributed by atoms with Crippen LogP contribution in [0.3, 0.4) is 0 Å². The molecule has 0 spiro atoms. The first-order chi connectivity index (χ1) is 22.2. The van der Waals surface area contributed by atoms with Crippen molar-refractivity contribution < 1.29 is 34.0 Å². The molecule has 256 valence electrons. The number of hydrogen-bond donors (Lipinski definition) is 5. The Kier molecular flexibility index (Phi) is 14.1. The highest BCUT2D eigenvalue weighted by molar-refractivity contribution is 5.68. The third kappa shape index (κ3) is 14.5. The summed E-state index contributed by atoms with van der Waals surface area (Å²) in [5.41, 5.74) is 1.32. The lowest BCUT2D eigenvalue weighted by Crippen LogP contribution is -2.53. The predicted molar refractivity (Wildman–Crippen MR) is 182 cm³/mol. The molecule has 1 unspecified atom stereocenters. The Morgan fingerprint density at radius 1 is 0.638 bits per heavy atom. The standard InChI is InChI=1S/C37H51N3O7/c1-36(2,3)46-34(43)39-29(21-26-15-9-7-10-16-26)31(41)23-38-24-32(42)30(40-35(44)47-37(4,5)6)22-28-19-13-14-20-33(28)45-25-27-17-11-8-12-18-27/h7-20,29-32,38,41-42H,21-25H2,1-6H3,(H,39,43)(H,40,44)/t29-,30+,31-,32?/m0/s1. The maximum absolute atomic E-state index is 12.8. The minimum Gasteiger partial charge on any atom is -0.489 e. The molecule has 0 saturated carbocycles. The van der Waals surface area contributed by atoms with E-state index in [2.05, 4.69) is 16.0 Å². The summed E-state index contributed by atoms with van der Waals surface area (Å²) in [6, 6.07) is 25.4. The molecule has 4 atom stereocenters. The number of aliphatic hydroxyl groups is 2. The monoisotopic (exact) mass is 649 g/mol. The lowest BCUT2D eigenvalue weighted by atomic mass is 9.99. The highest BCUT2D eigenvalue weighted by Crippen LogP contribution is 2.22. The SMILES string of the molecule is CC(C)(C)OC(=O)N[C@@H](Cc1ccccc1)[C@@H](O)CNCC(O)[C@@H](Cc1ccccc1OCc1ccccc1)NC(=O)OC(C)(C)C. The number of benzene rings is 3. The zero-order valence-corrected chi connectivity index (χ0v) is 28.4. The normalized spacial score (nSPS) is 14.3. The molecule has 0 aliphatic carbocycles. The molecule has 0 bridgehead atoms. The Balaban J connectivity index is 1.69. The van der Waals surface area contributed by atoms with Gasteiger partial charge in [-0.2, -0.15) is 0 Å². The molecule has 0 aliphatic heterocycles. The Bertz CT molecular complexity index is 1370. The van der Waals surface area contributed by atoms with Crippen molar-refractivity contribution in [3.8, 4) is 5.75 Å². The number of ether oxygens (including phenoxy) is 3. The number of alkyl carbamates (subject to hydrolysis) is 2. The van der Waals surface area contributed by atoms with Crippen LogP contribution in [0.4, 0.5) is 9.59 Å². The van der Waals surface area contributed by atoms with E-state index in [-0.39, 0.29) is 19.5 Å². The molecule has 0 fully saturated rings. The van der Waals surface area contributed by atoms with E-state index < -0.39 is 47.7 Å². The van der Waals surface area contributed by atoms with Gasteiger partial charge in [0.25, 0.3) is 0 Å². The van der Waals surface area contributed by atoms with E-state index in [4.69, 9.17) is 14.2 Å². The summed E-state index contributed by atoms with van der Waals surface area (Å²) in [5, 5.41) is 31.2. The van der Waals surface area contributed by atoms with Gasteiger partial charge in [0.05, 0.1) is 24.3 Å². The smallest absolute Gasteiger partial charge is 0.407 e. The number of carbonyl (C=O) groups excluding carboxylic acids is 2. The van der Waals surface area contributed by atoms with Gasteiger partial charge in [-0.15, -0.1) is 0 Å². The molecule has 0 aromatic heterocycles. The van der Waals surface area contributed by atoms with Crippen LogP contribution in [-0.4, -0.2) is 71.0 Å². The average Bonchev–Trinajstić information content (AvgIpc) is 2.99. The first-order valence-corrected chi connectivity index (χ1v) is 16.0. The second-order valence-corrected chi connectivity index (χ2v) is 13.6. The van der Waals surface area contributed by atoms with Gasteiger partial charge >= 0.3 is 12.2 Å². The molecule has 3 aromatic rings. The fourth-order valence-electron chi connectivity index (χ4n) is 4.80. The summed E-state index contributed by atoms with van der Waals surface area (Å²) in [7, 11) is 0.